The number of benzene rings is 2. The Kier molecular flexibility index (Phi) is 4.39. The van der Waals surface area contributed by atoms with E-state index >= 15 is 0 Å². The molecule has 0 aliphatic carbocycles. The zero-order valence-corrected chi connectivity index (χ0v) is 12.6. The molecule has 2 aromatic rings. The number of hydrogen-bond donors (Lipinski definition) is 1. The molecule has 0 aromatic heterocycles. The number of aryl methyl sites for hydroxylation is 1. The SMILES string of the molecule is COc1cccc(F)c1C(=O)Nc1ccc(Br)c(C)c1. The number of carbonyl (C=O) groups excluding carboxylic acids is 1. The Morgan fingerprint density at radius 1 is 1.30 bits per heavy atom. The maximum Gasteiger partial charge on any atom is 0.262 e. The van der Waals surface area contributed by atoms with Gasteiger partial charge in [-0.15, -0.1) is 0 Å². The first kappa shape index (κ1) is 14.5. The van der Waals surface area contributed by atoms with Crippen molar-refractivity contribution in [1.82, 2.24) is 0 Å². The van der Waals surface area contributed by atoms with Crippen molar-refractivity contribution in [2.45, 2.75) is 6.92 Å². The molecule has 0 aliphatic heterocycles. The van der Waals surface area contributed by atoms with Crippen LogP contribution in [0.5, 0.6) is 5.75 Å². The number of anilines is 1. The summed E-state index contributed by atoms with van der Waals surface area (Å²) in [6, 6.07) is 9.63. The molecule has 0 saturated carbocycles. The zero-order chi connectivity index (χ0) is 14.7. The molecule has 1 amide bonds. The molecule has 0 atom stereocenters. The minimum absolute atomic E-state index is 0.101. The number of halogens is 2. The van der Waals surface area contributed by atoms with Gasteiger partial charge in [0.15, 0.2) is 0 Å². The third kappa shape index (κ3) is 2.99. The lowest BCUT2D eigenvalue weighted by atomic mass is 10.1. The fraction of sp³-hybridized carbons (Fsp3) is 0.133. The van der Waals surface area contributed by atoms with Crippen molar-refractivity contribution in [1.29, 1.82) is 0 Å². The molecule has 104 valence electrons. The molecule has 0 bridgehead atoms. The van der Waals surface area contributed by atoms with Gasteiger partial charge in [0, 0.05) is 10.2 Å². The fourth-order valence-corrected chi connectivity index (χ4v) is 2.06. The number of methoxy groups -OCH3 is 1. The van der Waals surface area contributed by atoms with E-state index in [4.69, 9.17) is 4.74 Å². The average Bonchev–Trinajstić information content (AvgIpc) is 2.42. The van der Waals surface area contributed by atoms with Crippen molar-refractivity contribution in [2.75, 3.05) is 12.4 Å². The Bertz CT molecular complexity index is 658. The molecule has 0 saturated heterocycles. The molecule has 0 aliphatic rings. The first-order valence-corrected chi connectivity index (χ1v) is 6.72. The predicted molar refractivity (Wildman–Crippen MR) is 79.8 cm³/mol. The summed E-state index contributed by atoms with van der Waals surface area (Å²) in [7, 11) is 1.40. The van der Waals surface area contributed by atoms with E-state index in [0.717, 1.165) is 10.0 Å². The molecular formula is C15H13BrFNO2. The quantitative estimate of drug-likeness (QED) is 0.913. The molecule has 1 N–H and O–H groups in total. The van der Waals surface area contributed by atoms with E-state index in [0.29, 0.717) is 5.69 Å². The van der Waals surface area contributed by atoms with E-state index in [9.17, 15) is 9.18 Å². The third-order valence-electron chi connectivity index (χ3n) is 2.84. The first-order chi connectivity index (χ1) is 9.52. The van der Waals surface area contributed by atoms with Crippen LogP contribution in [0.4, 0.5) is 10.1 Å². The van der Waals surface area contributed by atoms with Crippen LogP contribution in [0.3, 0.4) is 0 Å². The van der Waals surface area contributed by atoms with Gasteiger partial charge in [-0.2, -0.15) is 0 Å². The van der Waals surface area contributed by atoms with Crippen LogP contribution in [0, 0.1) is 12.7 Å². The fourth-order valence-electron chi connectivity index (χ4n) is 1.81. The van der Waals surface area contributed by atoms with Crippen LogP contribution in [-0.4, -0.2) is 13.0 Å². The van der Waals surface area contributed by atoms with Gasteiger partial charge in [0.05, 0.1) is 7.11 Å². The molecule has 0 radical (unpaired) electrons. The van der Waals surface area contributed by atoms with Crippen LogP contribution in [0.25, 0.3) is 0 Å². The first-order valence-electron chi connectivity index (χ1n) is 5.93. The van der Waals surface area contributed by atoms with Gasteiger partial charge in [0.1, 0.15) is 17.1 Å². The molecule has 5 heteroatoms. The summed E-state index contributed by atoms with van der Waals surface area (Å²) in [5, 5.41) is 2.66. The van der Waals surface area contributed by atoms with Crippen molar-refractivity contribution in [3.05, 3.63) is 57.8 Å². The Hall–Kier alpha value is -1.88. The van der Waals surface area contributed by atoms with Crippen LogP contribution in [0.1, 0.15) is 15.9 Å². The molecule has 2 rings (SSSR count). The number of nitrogens with one attached hydrogen (secondary N) is 1. The van der Waals surface area contributed by atoms with Gasteiger partial charge >= 0.3 is 0 Å². The Morgan fingerprint density at radius 3 is 2.70 bits per heavy atom. The van der Waals surface area contributed by atoms with E-state index in [-0.39, 0.29) is 11.3 Å². The van der Waals surface area contributed by atoms with Crippen LogP contribution in [0.2, 0.25) is 0 Å². The van der Waals surface area contributed by atoms with Gasteiger partial charge in [-0.25, -0.2) is 4.39 Å². The highest BCUT2D eigenvalue weighted by molar-refractivity contribution is 9.10. The van der Waals surface area contributed by atoms with Crippen molar-refractivity contribution in [3.8, 4) is 5.75 Å². The number of amides is 1. The van der Waals surface area contributed by atoms with Gasteiger partial charge in [0.25, 0.3) is 5.91 Å². The normalized spacial score (nSPS) is 10.2. The summed E-state index contributed by atoms with van der Waals surface area (Å²) in [5.74, 6) is -0.950. The maximum atomic E-state index is 13.8. The zero-order valence-electron chi connectivity index (χ0n) is 11.0. The second-order valence-electron chi connectivity index (χ2n) is 4.24. The van der Waals surface area contributed by atoms with Crippen molar-refractivity contribution in [3.63, 3.8) is 0 Å². The van der Waals surface area contributed by atoms with Crippen molar-refractivity contribution >= 4 is 27.5 Å². The average molecular weight is 338 g/mol. The van der Waals surface area contributed by atoms with Crippen molar-refractivity contribution in [2.24, 2.45) is 0 Å². The molecule has 0 fully saturated rings. The standard InChI is InChI=1S/C15H13BrFNO2/c1-9-8-10(6-7-11(9)16)18-15(19)14-12(17)4-3-5-13(14)20-2/h3-8H,1-2H3,(H,18,19). The molecule has 3 nitrogen and oxygen atoms in total. The largest absolute Gasteiger partial charge is 0.496 e. The van der Waals surface area contributed by atoms with E-state index < -0.39 is 11.7 Å². The topological polar surface area (TPSA) is 38.3 Å². The van der Waals surface area contributed by atoms with Crippen LogP contribution in [-0.2, 0) is 0 Å². The van der Waals surface area contributed by atoms with Gasteiger partial charge in [-0.3, -0.25) is 4.79 Å². The number of rotatable bonds is 3. The smallest absolute Gasteiger partial charge is 0.262 e. The molecule has 0 heterocycles. The van der Waals surface area contributed by atoms with E-state index in [2.05, 4.69) is 21.2 Å². The lowest BCUT2D eigenvalue weighted by Crippen LogP contribution is -2.15. The second kappa shape index (κ2) is 6.05. The molecule has 0 spiro atoms. The Labute approximate surface area is 124 Å². The number of carbonyl (C=O) groups is 1. The maximum absolute atomic E-state index is 13.8. The highest BCUT2D eigenvalue weighted by atomic mass is 79.9. The number of ether oxygens (including phenoxy) is 1. The lowest BCUT2D eigenvalue weighted by molar-refractivity contribution is 0.102. The second-order valence-corrected chi connectivity index (χ2v) is 5.09. The van der Waals surface area contributed by atoms with Gasteiger partial charge in [-0.05, 0) is 42.8 Å². The van der Waals surface area contributed by atoms with Crippen LogP contribution in [0.15, 0.2) is 40.9 Å². The molecule has 20 heavy (non-hydrogen) atoms. The minimum Gasteiger partial charge on any atom is -0.496 e. The van der Waals surface area contributed by atoms with Crippen molar-refractivity contribution < 1.29 is 13.9 Å². The third-order valence-corrected chi connectivity index (χ3v) is 3.73. The summed E-state index contributed by atoms with van der Waals surface area (Å²) < 4.78 is 19.7. The summed E-state index contributed by atoms with van der Waals surface area (Å²) in [6.07, 6.45) is 0. The molecule has 2 aromatic carbocycles. The highest BCUT2D eigenvalue weighted by Crippen LogP contribution is 2.24. The predicted octanol–water partition coefficient (Wildman–Crippen LogP) is 4.16. The van der Waals surface area contributed by atoms with E-state index in [1.54, 1.807) is 18.2 Å². The van der Waals surface area contributed by atoms with E-state index in [1.165, 1.54) is 19.2 Å². The summed E-state index contributed by atoms with van der Waals surface area (Å²) >= 11 is 3.38. The van der Waals surface area contributed by atoms with E-state index in [1.807, 2.05) is 13.0 Å². The Morgan fingerprint density at radius 2 is 2.05 bits per heavy atom. The van der Waals surface area contributed by atoms with Crippen LogP contribution >= 0.6 is 15.9 Å². The monoisotopic (exact) mass is 337 g/mol. The summed E-state index contributed by atoms with van der Waals surface area (Å²) in [6.45, 7) is 1.91. The highest BCUT2D eigenvalue weighted by Gasteiger charge is 2.17. The van der Waals surface area contributed by atoms with Gasteiger partial charge < -0.3 is 10.1 Å². The molecular weight excluding hydrogens is 325 g/mol. The summed E-state index contributed by atoms with van der Waals surface area (Å²) in [4.78, 5) is 12.2. The minimum atomic E-state index is -0.615. The summed E-state index contributed by atoms with van der Waals surface area (Å²) in [5.41, 5.74) is 1.47. The lowest BCUT2D eigenvalue weighted by Gasteiger charge is -2.11. The number of hydrogen-bond acceptors (Lipinski definition) is 2. The Balaban J connectivity index is 2.30. The van der Waals surface area contributed by atoms with Gasteiger partial charge in [0.2, 0.25) is 0 Å². The molecule has 0 unspecified atom stereocenters. The van der Waals surface area contributed by atoms with Crippen LogP contribution < -0.4 is 10.1 Å². The van der Waals surface area contributed by atoms with Gasteiger partial charge in [-0.1, -0.05) is 22.0 Å².